The van der Waals surface area contributed by atoms with Crippen LogP contribution in [0.3, 0.4) is 0 Å². The fourth-order valence-corrected chi connectivity index (χ4v) is 2.47. The summed E-state index contributed by atoms with van der Waals surface area (Å²) < 4.78 is 0. The third-order valence-corrected chi connectivity index (χ3v) is 3.86. The second-order valence-corrected chi connectivity index (χ2v) is 5.55. The van der Waals surface area contributed by atoms with Crippen molar-refractivity contribution in [2.45, 2.75) is 33.1 Å². The topological polar surface area (TPSA) is 65.5 Å². The van der Waals surface area contributed by atoms with Gasteiger partial charge in [0.1, 0.15) is 5.82 Å². The zero-order valence-electron chi connectivity index (χ0n) is 13.3. The van der Waals surface area contributed by atoms with Crippen molar-refractivity contribution in [1.29, 1.82) is 0 Å². The van der Waals surface area contributed by atoms with Crippen LogP contribution in [-0.2, 0) is 9.59 Å². The molecule has 0 spiro atoms. The summed E-state index contributed by atoms with van der Waals surface area (Å²) in [5, 5.41) is 2.81. The van der Waals surface area contributed by atoms with Gasteiger partial charge in [-0.25, -0.2) is 4.98 Å². The van der Waals surface area contributed by atoms with Crippen molar-refractivity contribution >= 4 is 23.3 Å². The molecule has 0 saturated carbocycles. The maximum atomic E-state index is 11.7. The molecule has 0 aliphatic carbocycles. The Morgan fingerprint density at radius 2 is 1.95 bits per heavy atom. The van der Waals surface area contributed by atoms with Crippen molar-refractivity contribution in [2.75, 3.05) is 36.4 Å². The van der Waals surface area contributed by atoms with E-state index in [1.54, 1.807) is 13.1 Å². The van der Waals surface area contributed by atoms with E-state index in [4.69, 9.17) is 0 Å². The van der Waals surface area contributed by atoms with Crippen LogP contribution in [0.5, 0.6) is 0 Å². The molecular formula is C16H24N4O2. The predicted molar refractivity (Wildman–Crippen MR) is 86.9 cm³/mol. The zero-order chi connectivity index (χ0) is 15.9. The molecule has 0 aromatic carbocycles. The molecule has 0 unspecified atom stereocenters. The van der Waals surface area contributed by atoms with Gasteiger partial charge in [0.15, 0.2) is 0 Å². The molecule has 22 heavy (non-hydrogen) atoms. The molecule has 2 rings (SSSR count). The quantitative estimate of drug-likeness (QED) is 0.902. The molecule has 1 aromatic rings. The summed E-state index contributed by atoms with van der Waals surface area (Å²) in [5.41, 5.74) is 1.02. The van der Waals surface area contributed by atoms with E-state index in [2.05, 4.69) is 22.1 Å². The van der Waals surface area contributed by atoms with E-state index in [0.717, 1.165) is 44.7 Å². The molecule has 0 radical (unpaired) electrons. The van der Waals surface area contributed by atoms with Crippen molar-refractivity contribution in [3.63, 3.8) is 0 Å². The monoisotopic (exact) mass is 304 g/mol. The van der Waals surface area contributed by atoms with E-state index in [1.165, 1.54) is 0 Å². The van der Waals surface area contributed by atoms with E-state index in [-0.39, 0.29) is 11.8 Å². The number of nitrogens with zero attached hydrogens (tertiary/aromatic N) is 3. The highest BCUT2D eigenvalue weighted by molar-refractivity contribution is 5.89. The van der Waals surface area contributed by atoms with Crippen molar-refractivity contribution in [1.82, 2.24) is 9.88 Å². The summed E-state index contributed by atoms with van der Waals surface area (Å²) in [6.07, 6.45) is 4.21. The second-order valence-electron chi connectivity index (χ2n) is 5.55. The fraction of sp³-hybridized carbons (Fsp3) is 0.562. The molecule has 1 N–H and O–H groups in total. The van der Waals surface area contributed by atoms with Gasteiger partial charge in [0.05, 0.1) is 11.9 Å². The standard InChI is InChI=1S/C16H24N4O2/c1-3-4-5-16(22)18-15-7-6-14(12-17-15)20-10-8-19(9-11-20)13(2)21/h6-7,12H,3-5,8-11H2,1-2H3,(H,17,18,22). The number of aromatic nitrogens is 1. The Labute approximate surface area is 131 Å². The third kappa shape index (κ3) is 4.44. The molecule has 0 bridgehead atoms. The predicted octanol–water partition coefficient (Wildman–Crippen LogP) is 1.88. The SMILES string of the molecule is CCCCC(=O)Nc1ccc(N2CCN(C(C)=O)CC2)cn1. The number of piperazine rings is 1. The van der Waals surface area contributed by atoms with Crippen LogP contribution in [0.2, 0.25) is 0 Å². The number of hydrogen-bond acceptors (Lipinski definition) is 4. The first-order valence-electron chi connectivity index (χ1n) is 7.86. The summed E-state index contributed by atoms with van der Waals surface area (Å²) >= 11 is 0. The van der Waals surface area contributed by atoms with Crippen LogP contribution in [0.25, 0.3) is 0 Å². The molecule has 1 aliphatic rings. The maximum absolute atomic E-state index is 11.7. The molecule has 6 nitrogen and oxygen atoms in total. The number of unbranched alkanes of at least 4 members (excludes halogenated alkanes) is 1. The Balaban J connectivity index is 1.87. The number of pyridine rings is 1. The van der Waals surface area contributed by atoms with Crippen LogP contribution < -0.4 is 10.2 Å². The molecule has 1 aromatic heterocycles. The summed E-state index contributed by atoms with van der Waals surface area (Å²) in [7, 11) is 0. The molecule has 6 heteroatoms. The Morgan fingerprint density at radius 1 is 1.23 bits per heavy atom. The summed E-state index contributed by atoms with van der Waals surface area (Å²) in [6, 6.07) is 3.79. The first-order chi connectivity index (χ1) is 10.6. The molecular weight excluding hydrogens is 280 g/mol. The number of anilines is 2. The van der Waals surface area contributed by atoms with Crippen molar-refractivity contribution < 1.29 is 9.59 Å². The van der Waals surface area contributed by atoms with Gasteiger partial charge >= 0.3 is 0 Å². The minimum absolute atomic E-state index is 0.0113. The number of carbonyl (C=O) groups excluding carboxylic acids is 2. The Bertz CT molecular complexity index is 507. The minimum Gasteiger partial charge on any atom is -0.367 e. The first kappa shape index (κ1) is 16.3. The summed E-state index contributed by atoms with van der Waals surface area (Å²) in [4.78, 5) is 31.3. The van der Waals surface area contributed by atoms with Crippen LogP contribution in [-0.4, -0.2) is 47.9 Å². The Kier molecular flexibility index (Phi) is 5.75. The number of amides is 2. The first-order valence-corrected chi connectivity index (χ1v) is 7.86. The highest BCUT2D eigenvalue weighted by Crippen LogP contribution is 2.17. The summed E-state index contributed by atoms with van der Waals surface area (Å²) in [6.45, 7) is 6.77. The van der Waals surface area contributed by atoms with Crippen molar-refractivity contribution in [2.24, 2.45) is 0 Å². The lowest BCUT2D eigenvalue weighted by Crippen LogP contribution is -2.48. The van der Waals surface area contributed by atoms with Crippen LogP contribution in [0, 0.1) is 0 Å². The van der Waals surface area contributed by atoms with Gasteiger partial charge in [0.25, 0.3) is 0 Å². The highest BCUT2D eigenvalue weighted by atomic mass is 16.2. The van der Waals surface area contributed by atoms with Crippen molar-refractivity contribution in [3.8, 4) is 0 Å². The molecule has 1 saturated heterocycles. The normalized spacial score (nSPS) is 14.8. The highest BCUT2D eigenvalue weighted by Gasteiger charge is 2.18. The Hall–Kier alpha value is -2.11. The maximum Gasteiger partial charge on any atom is 0.225 e. The van der Waals surface area contributed by atoms with Gasteiger partial charge < -0.3 is 15.1 Å². The fourth-order valence-electron chi connectivity index (χ4n) is 2.47. The van der Waals surface area contributed by atoms with Gasteiger partial charge in [0, 0.05) is 39.5 Å². The summed E-state index contributed by atoms with van der Waals surface area (Å²) in [5.74, 6) is 0.729. The molecule has 2 amide bonds. The molecule has 2 heterocycles. The number of hydrogen-bond donors (Lipinski definition) is 1. The van der Waals surface area contributed by atoms with Crippen LogP contribution >= 0.6 is 0 Å². The van der Waals surface area contributed by atoms with E-state index < -0.39 is 0 Å². The van der Waals surface area contributed by atoms with Crippen LogP contribution in [0.4, 0.5) is 11.5 Å². The number of rotatable bonds is 5. The molecule has 1 fully saturated rings. The number of carbonyl (C=O) groups is 2. The van der Waals surface area contributed by atoms with Gasteiger partial charge in [0.2, 0.25) is 11.8 Å². The lowest BCUT2D eigenvalue weighted by molar-refractivity contribution is -0.129. The van der Waals surface area contributed by atoms with E-state index >= 15 is 0 Å². The Morgan fingerprint density at radius 3 is 2.50 bits per heavy atom. The van der Waals surface area contributed by atoms with Crippen LogP contribution in [0.1, 0.15) is 33.1 Å². The van der Waals surface area contributed by atoms with Gasteiger partial charge in [-0.2, -0.15) is 0 Å². The molecule has 1 aliphatic heterocycles. The lowest BCUT2D eigenvalue weighted by atomic mass is 10.2. The van der Waals surface area contributed by atoms with Gasteiger partial charge in [-0.1, -0.05) is 13.3 Å². The van der Waals surface area contributed by atoms with Gasteiger partial charge in [-0.15, -0.1) is 0 Å². The molecule has 120 valence electrons. The zero-order valence-corrected chi connectivity index (χ0v) is 13.3. The third-order valence-electron chi connectivity index (χ3n) is 3.86. The van der Waals surface area contributed by atoms with Gasteiger partial charge in [-0.05, 0) is 18.6 Å². The molecule has 0 atom stereocenters. The minimum atomic E-state index is 0.0113. The van der Waals surface area contributed by atoms with Crippen molar-refractivity contribution in [3.05, 3.63) is 18.3 Å². The van der Waals surface area contributed by atoms with Crippen LogP contribution in [0.15, 0.2) is 18.3 Å². The average Bonchev–Trinajstić information content (AvgIpc) is 2.54. The lowest BCUT2D eigenvalue weighted by Gasteiger charge is -2.35. The average molecular weight is 304 g/mol. The van der Waals surface area contributed by atoms with E-state index in [0.29, 0.717) is 12.2 Å². The second kappa shape index (κ2) is 7.77. The van der Waals surface area contributed by atoms with Gasteiger partial charge in [-0.3, -0.25) is 9.59 Å². The number of nitrogens with one attached hydrogen (secondary N) is 1. The smallest absolute Gasteiger partial charge is 0.225 e. The van der Waals surface area contributed by atoms with E-state index in [9.17, 15) is 9.59 Å². The largest absolute Gasteiger partial charge is 0.367 e. The van der Waals surface area contributed by atoms with E-state index in [1.807, 2.05) is 17.0 Å².